The summed E-state index contributed by atoms with van der Waals surface area (Å²) in [5.41, 5.74) is 2.01. The predicted octanol–water partition coefficient (Wildman–Crippen LogP) is 4.45. The van der Waals surface area contributed by atoms with Crippen molar-refractivity contribution in [2.75, 3.05) is 31.0 Å². The summed E-state index contributed by atoms with van der Waals surface area (Å²) in [6.07, 6.45) is 1.38. The summed E-state index contributed by atoms with van der Waals surface area (Å²) < 4.78 is 15.5. The molecule has 3 aromatic rings. The number of anilines is 2. The van der Waals surface area contributed by atoms with Gasteiger partial charge in [-0.05, 0) is 79.2 Å². The Morgan fingerprint density at radius 1 is 1.02 bits per heavy atom. The van der Waals surface area contributed by atoms with Crippen LogP contribution < -0.4 is 19.7 Å². The number of esters is 1. The van der Waals surface area contributed by atoms with E-state index in [1.165, 1.54) is 30.4 Å². The lowest BCUT2D eigenvalue weighted by Crippen LogP contribution is -2.33. The summed E-state index contributed by atoms with van der Waals surface area (Å²) in [4.78, 5) is 39.5. The van der Waals surface area contributed by atoms with Crippen LogP contribution in [-0.2, 0) is 14.3 Å². The highest BCUT2D eigenvalue weighted by Crippen LogP contribution is 2.35. The maximum absolute atomic E-state index is 13.4. The molecule has 4 rings (SSSR count). The third-order valence-corrected chi connectivity index (χ3v) is 6.98. The van der Waals surface area contributed by atoms with Crippen LogP contribution in [0.5, 0.6) is 17.2 Å². The van der Waals surface area contributed by atoms with E-state index < -0.39 is 11.2 Å². The number of thioether (sulfide) groups is 1. The van der Waals surface area contributed by atoms with Crippen molar-refractivity contribution in [2.45, 2.75) is 18.6 Å². The Labute approximate surface area is 240 Å². The smallest absolute Gasteiger partial charge is 0.338 e. The Morgan fingerprint density at radius 2 is 1.73 bits per heavy atom. The molecule has 1 aliphatic rings. The monoisotopic (exact) mass is 576 g/mol. The normalized spacial score (nSPS) is 15.8. The van der Waals surface area contributed by atoms with Gasteiger partial charge < -0.3 is 24.6 Å². The van der Waals surface area contributed by atoms with E-state index in [0.29, 0.717) is 34.0 Å². The maximum Gasteiger partial charge on any atom is 0.338 e. The van der Waals surface area contributed by atoms with Gasteiger partial charge in [-0.3, -0.25) is 14.5 Å². The minimum absolute atomic E-state index is 0.0444. The largest absolute Gasteiger partial charge is 0.508 e. The number of methoxy groups -OCH3 is 2. The summed E-state index contributed by atoms with van der Waals surface area (Å²) in [6, 6.07) is 17.6. The first-order chi connectivity index (χ1) is 19.8. The number of benzene rings is 3. The van der Waals surface area contributed by atoms with Gasteiger partial charge in [0, 0.05) is 12.1 Å². The van der Waals surface area contributed by atoms with Gasteiger partial charge in [-0.25, -0.2) is 4.79 Å². The molecule has 1 aliphatic heterocycles. The van der Waals surface area contributed by atoms with E-state index in [2.05, 4.69) is 15.5 Å². The average molecular weight is 577 g/mol. The first-order valence-corrected chi connectivity index (χ1v) is 13.4. The van der Waals surface area contributed by atoms with Crippen molar-refractivity contribution in [3.63, 3.8) is 0 Å². The van der Waals surface area contributed by atoms with Gasteiger partial charge in [-0.1, -0.05) is 11.8 Å². The lowest BCUT2D eigenvalue weighted by Gasteiger charge is -2.16. The highest BCUT2D eigenvalue weighted by Gasteiger charge is 2.40. The third-order valence-electron chi connectivity index (χ3n) is 5.85. The predicted molar refractivity (Wildman–Crippen MR) is 157 cm³/mol. The second kappa shape index (κ2) is 13.5. The quantitative estimate of drug-likeness (QED) is 0.205. The lowest BCUT2D eigenvalue weighted by atomic mass is 10.2. The van der Waals surface area contributed by atoms with Gasteiger partial charge in [-0.2, -0.15) is 5.10 Å². The fourth-order valence-electron chi connectivity index (χ4n) is 3.87. The molecule has 1 heterocycles. The first-order valence-electron chi connectivity index (χ1n) is 12.5. The number of hydrogen-bond donors (Lipinski definition) is 2. The number of rotatable bonds is 10. The molecule has 1 atom stereocenters. The first kappa shape index (κ1) is 29.2. The molecule has 1 saturated heterocycles. The van der Waals surface area contributed by atoms with Crippen LogP contribution in [0.2, 0.25) is 0 Å². The van der Waals surface area contributed by atoms with E-state index >= 15 is 0 Å². The zero-order valence-electron chi connectivity index (χ0n) is 22.6. The van der Waals surface area contributed by atoms with Crippen molar-refractivity contribution in [2.24, 2.45) is 10.2 Å². The lowest BCUT2D eigenvalue weighted by molar-refractivity contribution is -0.121. The van der Waals surface area contributed by atoms with Gasteiger partial charge in [0.05, 0.1) is 38.3 Å². The molecule has 12 heteroatoms. The Hall–Kier alpha value is -4.84. The van der Waals surface area contributed by atoms with Crippen LogP contribution in [0.4, 0.5) is 11.4 Å². The number of amidine groups is 1. The number of carbonyl (C=O) groups excluding carboxylic acids is 3. The Bertz CT molecular complexity index is 1470. The fourth-order valence-corrected chi connectivity index (χ4v) is 4.96. The standard InChI is InChI=1S/C29H28N4O7S/c1-4-40-28(37)19-6-8-20(9-7-19)31-26(35)16-25-27(36)33(21-10-12-22(34)13-11-21)29(41-25)32-30-17-18-5-14-23(38-2)24(15-18)39-3/h5-15,17,25,34H,4,16H2,1-3H3,(H,31,35)/b30-17+,32-29+. The number of phenolic OH excluding ortho intramolecular Hbond substituents is 1. The van der Waals surface area contributed by atoms with Crippen LogP contribution >= 0.6 is 11.8 Å². The van der Waals surface area contributed by atoms with E-state index in [9.17, 15) is 19.5 Å². The van der Waals surface area contributed by atoms with Crippen molar-refractivity contribution in [3.8, 4) is 17.2 Å². The number of nitrogens with zero attached hydrogens (tertiary/aromatic N) is 3. The second-order valence-corrected chi connectivity index (χ2v) is 9.76. The van der Waals surface area contributed by atoms with E-state index in [1.807, 2.05) is 0 Å². The van der Waals surface area contributed by atoms with Gasteiger partial charge in [0.1, 0.15) is 11.0 Å². The molecule has 3 aromatic carbocycles. The molecular formula is C29H28N4O7S. The number of carbonyl (C=O) groups is 3. The van der Waals surface area contributed by atoms with Crippen LogP contribution in [-0.4, -0.2) is 60.3 Å². The van der Waals surface area contributed by atoms with Crippen LogP contribution in [0.25, 0.3) is 0 Å². The Balaban J connectivity index is 1.50. The molecule has 41 heavy (non-hydrogen) atoms. The van der Waals surface area contributed by atoms with Gasteiger partial charge in [0.2, 0.25) is 11.8 Å². The van der Waals surface area contributed by atoms with Crippen molar-refractivity contribution in [1.82, 2.24) is 0 Å². The molecule has 0 radical (unpaired) electrons. The Kier molecular flexibility index (Phi) is 9.59. The molecule has 1 fully saturated rings. The summed E-state index contributed by atoms with van der Waals surface area (Å²) in [7, 11) is 3.08. The number of nitrogens with one attached hydrogen (secondary N) is 1. The molecule has 0 aromatic heterocycles. The summed E-state index contributed by atoms with van der Waals surface area (Å²) in [6.45, 7) is 1.98. The van der Waals surface area contributed by atoms with Crippen LogP contribution in [0.3, 0.4) is 0 Å². The molecule has 0 spiro atoms. The van der Waals surface area contributed by atoms with Crippen molar-refractivity contribution >= 4 is 52.3 Å². The second-order valence-electron chi connectivity index (χ2n) is 8.59. The molecule has 2 amide bonds. The highest BCUT2D eigenvalue weighted by molar-refractivity contribution is 8.16. The SMILES string of the molecule is CCOC(=O)c1ccc(NC(=O)CC2S/C(=N/N=C/c3ccc(OC)c(OC)c3)N(c3ccc(O)cc3)C2=O)cc1. The third kappa shape index (κ3) is 7.22. The average Bonchev–Trinajstić information content (AvgIpc) is 3.27. The molecule has 1 unspecified atom stereocenters. The molecule has 2 N–H and O–H groups in total. The van der Waals surface area contributed by atoms with Gasteiger partial charge in [0.15, 0.2) is 16.7 Å². The minimum Gasteiger partial charge on any atom is -0.508 e. The topological polar surface area (TPSA) is 139 Å². The number of phenols is 1. The number of aromatic hydroxyl groups is 1. The number of hydrogen-bond acceptors (Lipinski definition) is 10. The van der Waals surface area contributed by atoms with Gasteiger partial charge in [0.25, 0.3) is 0 Å². The van der Waals surface area contributed by atoms with Crippen LogP contribution in [0.15, 0.2) is 76.9 Å². The van der Waals surface area contributed by atoms with Gasteiger partial charge >= 0.3 is 5.97 Å². The minimum atomic E-state index is -0.766. The fraction of sp³-hybridized carbons (Fsp3) is 0.207. The van der Waals surface area contributed by atoms with Crippen LogP contribution in [0.1, 0.15) is 29.3 Å². The zero-order valence-corrected chi connectivity index (χ0v) is 23.4. The maximum atomic E-state index is 13.4. The van der Waals surface area contributed by atoms with E-state index in [-0.39, 0.29) is 35.8 Å². The van der Waals surface area contributed by atoms with Crippen molar-refractivity contribution in [3.05, 3.63) is 77.9 Å². The van der Waals surface area contributed by atoms with E-state index in [4.69, 9.17) is 14.2 Å². The molecular weight excluding hydrogens is 548 g/mol. The number of ether oxygens (including phenoxy) is 3. The summed E-state index contributed by atoms with van der Waals surface area (Å²) in [5.74, 6) is -0.0467. The van der Waals surface area contributed by atoms with Crippen molar-refractivity contribution in [1.29, 1.82) is 0 Å². The summed E-state index contributed by atoms with van der Waals surface area (Å²) >= 11 is 1.11. The Morgan fingerprint density at radius 3 is 2.39 bits per heavy atom. The summed E-state index contributed by atoms with van der Waals surface area (Å²) in [5, 5.41) is 20.4. The highest BCUT2D eigenvalue weighted by atomic mass is 32.2. The molecule has 11 nitrogen and oxygen atoms in total. The molecule has 0 bridgehead atoms. The van der Waals surface area contributed by atoms with Crippen LogP contribution in [0, 0.1) is 0 Å². The van der Waals surface area contributed by atoms with Gasteiger partial charge in [-0.15, -0.1) is 5.10 Å². The zero-order chi connectivity index (χ0) is 29.4. The van der Waals surface area contributed by atoms with Crippen molar-refractivity contribution < 1.29 is 33.7 Å². The van der Waals surface area contributed by atoms with E-state index in [1.54, 1.807) is 68.6 Å². The molecule has 0 saturated carbocycles. The molecule has 212 valence electrons. The van der Waals surface area contributed by atoms with E-state index in [0.717, 1.165) is 11.8 Å². The number of amides is 2. The molecule has 0 aliphatic carbocycles.